The Morgan fingerprint density at radius 1 is 0.811 bits per heavy atom. The van der Waals surface area contributed by atoms with Gasteiger partial charge >= 0.3 is 0 Å². The number of ketones is 2. The maximum absolute atomic E-state index is 12.1. The van der Waals surface area contributed by atoms with E-state index < -0.39 is 0 Å². The van der Waals surface area contributed by atoms with Gasteiger partial charge in [-0.05, 0) is 56.3 Å². The van der Waals surface area contributed by atoms with Crippen molar-refractivity contribution in [1.29, 1.82) is 0 Å². The predicted octanol–water partition coefficient (Wildman–Crippen LogP) is 4.97. The Balaban J connectivity index is 0.000000206. The highest BCUT2D eigenvalue weighted by Crippen LogP contribution is 2.35. The van der Waals surface area contributed by atoms with E-state index in [1.807, 2.05) is 69.1 Å². The molecule has 2 unspecified atom stereocenters. The summed E-state index contributed by atoms with van der Waals surface area (Å²) in [5.74, 6) is 5.29. The van der Waals surface area contributed by atoms with Gasteiger partial charge < -0.3 is 23.8 Å². The molecule has 202 valence electrons. The molecular weight excluding hydrogens is 490 g/mol. The molecule has 2 heterocycles. The highest BCUT2D eigenvalue weighted by Gasteiger charge is 2.27. The van der Waals surface area contributed by atoms with E-state index in [4.69, 9.17) is 18.9 Å². The van der Waals surface area contributed by atoms with E-state index in [-0.39, 0.29) is 11.8 Å². The molecule has 37 heavy (non-hydrogen) atoms. The maximum atomic E-state index is 12.1. The van der Waals surface area contributed by atoms with Crippen LogP contribution in [0, 0.1) is 0 Å². The average Bonchev–Trinajstić information content (AvgIpc) is 2.91. The second-order valence-corrected chi connectivity index (χ2v) is 10.2. The number of benzene rings is 2. The van der Waals surface area contributed by atoms with Crippen molar-refractivity contribution in [3.05, 3.63) is 47.5 Å². The fourth-order valence-electron chi connectivity index (χ4n) is 4.55. The van der Waals surface area contributed by atoms with Crippen molar-refractivity contribution in [2.24, 2.45) is 0 Å². The van der Waals surface area contributed by atoms with Crippen molar-refractivity contribution in [3.63, 3.8) is 0 Å². The van der Waals surface area contributed by atoms with Gasteiger partial charge in [0.15, 0.2) is 23.0 Å². The van der Waals surface area contributed by atoms with Gasteiger partial charge in [0.2, 0.25) is 0 Å². The van der Waals surface area contributed by atoms with Gasteiger partial charge in [-0.2, -0.15) is 11.8 Å². The van der Waals surface area contributed by atoms with Crippen LogP contribution >= 0.6 is 11.8 Å². The van der Waals surface area contributed by atoms with Crippen molar-refractivity contribution < 1.29 is 28.5 Å². The van der Waals surface area contributed by atoms with Gasteiger partial charge in [-0.3, -0.25) is 9.59 Å². The third-order valence-corrected chi connectivity index (χ3v) is 7.63. The maximum Gasteiger partial charge on any atom is 0.161 e. The average molecular weight is 530 g/mol. The van der Waals surface area contributed by atoms with Crippen LogP contribution in [0.3, 0.4) is 0 Å². The van der Waals surface area contributed by atoms with E-state index in [0.29, 0.717) is 49.1 Å². The van der Waals surface area contributed by atoms with Gasteiger partial charge in [-0.25, -0.2) is 0 Å². The van der Waals surface area contributed by atoms with Crippen LogP contribution in [0.1, 0.15) is 49.7 Å². The lowest BCUT2D eigenvalue weighted by Crippen LogP contribution is -2.36. The number of likely N-dealkylation sites (N-methyl/N-ethyl adjacent to an activating group) is 1. The van der Waals surface area contributed by atoms with Crippen molar-refractivity contribution in [2.75, 3.05) is 59.1 Å². The van der Waals surface area contributed by atoms with Gasteiger partial charge in [0.1, 0.15) is 11.6 Å². The highest BCUT2D eigenvalue weighted by molar-refractivity contribution is 7.99. The molecule has 2 aliphatic rings. The summed E-state index contributed by atoms with van der Waals surface area (Å²) in [6, 6.07) is 11.6. The fraction of sp³-hybridized carbons (Fsp3) is 0.517. The topological polar surface area (TPSA) is 74.3 Å². The van der Waals surface area contributed by atoms with Crippen LogP contribution in [0.15, 0.2) is 36.4 Å². The minimum atomic E-state index is -0.0520. The minimum absolute atomic E-state index is 0.00821. The molecule has 0 aromatic heterocycles. The normalized spacial score (nSPS) is 20.0. The summed E-state index contributed by atoms with van der Waals surface area (Å²) in [5, 5.41) is 0. The van der Waals surface area contributed by atoms with Crippen LogP contribution in [-0.2, 0) is 9.59 Å². The molecule has 2 fully saturated rings. The lowest BCUT2D eigenvalue weighted by Gasteiger charge is -2.29. The Kier molecular flexibility index (Phi) is 11.1. The van der Waals surface area contributed by atoms with Crippen molar-refractivity contribution in [1.82, 2.24) is 4.90 Å². The first kappa shape index (κ1) is 28.9. The number of carbonyl (C=O) groups is 2. The Morgan fingerprint density at radius 2 is 1.35 bits per heavy atom. The second kappa shape index (κ2) is 14.3. The number of likely N-dealkylation sites (tertiary alicyclic amines) is 1. The molecule has 0 radical (unpaired) electrons. The van der Waals surface area contributed by atoms with Gasteiger partial charge in [0.25, 0.3) is 0 Å². The number of ether oxygens (including phenoxy) is 4. The molecule has 0 spiro atoms. The van der Waals surface area contributed by atoms with E-state index >= 15 is 0 Å². The number of rotatable bonds is 8. The molecule has 4 rings (SSSR count). The van der Waals surface area contributed by atoms with Gasteiger partial charge in [0.05, 0.1) is 39.3 Å². The molecule has 0 saturated carbocycles. The summed E-state index contributed by atoms with van der Waals surface area (Å²) in [4.78, 5) is 26.2. The fourth-order valence-corrected chi connectivity index (χ4v) is 5.68. The van der Waals surface area contributed by atoms with Gasteiger partial charge in [-0.15, -0.1) is 0 Å². The summed E-state index contributed by atoms with van der Waals surface area (Å²) in [6.45, 7) is 6.67. The number of nitrogens with zero attached hydrogens (tertiary/aromatic N) is 1. The smallest absolute Gasteiger partial charge is 0.161 e. The highest BCUT2D eigenvalue weighted by atomic mass is 32.2. The third kappa shape index (κ3) is 7.65. The van der Waals surface area contributed by atoms with Gasteiger partial charge in [0, 0.05) is 37.4 Å². The van der Waals surface area contributed by atoms with Crippen LogP contribution in [0.2, 0.25) is 0 Å². The number of hydrogen-bond acceptors (Lipinski definition) is 8. The number of methoxy groups -OCH3 is 2. The molecule has 8 heteroatoms. The largest absolute Gasteiger partial charge is 0.493 e. The molecule has 0 N–H and O–H groups in total. The van der Waals surface area contributed by atoms with E-state index in [0.717, 1.165) is 47.2 Å². The van der Waals surface area contributed by atoms with Crippen molar-refractivity contribution >= 4 is 23.3 Å². The monoisotopic (exact) mass is 529 g/mol. The summed E-state index contributed by atoms with van der Waals surface area (Å²) < 4.78 is 21.6. The van der Waals surface area contributed by atoms with E-state index in [2.05, 4.69) is 4.90 Å². The molecule has 0 aliphatic carbocycles. The predicted molar refractivity (Wildman–Crippen MR) is 148 cm³/mol. The molecule has 2 aromatic rings. The summed E-state index contributed by atoms with van der Waals surface area (Å²) in [7, 11) is 5.29. The zero-order valence-corrected chi connectivity index (χ0v) is 23.4. The van der Waals surface area contributed by atoms with Crippen LogP contribution in [0.4, 0.5) is 0 Å². The quantitative estimate of drug-likeness (QED) is 0.475. The Hall–Kier alpha value is -2.71. The van der Waals surface area contributed by atoms with Crippen LogP contribution in [0.25, 0.3) is 0 Å². The Labute approximate surface area is 224 Å². The zero-order valence-electron chi connectivity index (χ0n) is 22.6. The molecule has 7 nitrogen and oxygen atoms in total. The summed E-state index contributed by atoms with van der Waals surface area (Å²) in [6.07, 6.45) is 1.29. The van der Waals surface area contributed by atoms with Crippen LogP contribution in [0.5, 0.6) is 23.0 Å². The first-order valence-electron chi connectivity index (χ1n) is 12.8. The van der Waals surface area contributed by atoms with Crippen molar-refractivity contribution in [3.8, 4) is 23.0 Å². The molecule has 2 atom stereocenters. The first-order chi connectivity index (χ1) is 17.9. The minimum Gasteiger partial charge on any atom is -0.493 e. The number of Topliss-reactive ketones (excluding diaryl/α,β-unsaturated/α-hetero) is 2. The van der Waals surface area contributed by atoms with Crippen molar-refractivity contribution in [2.45, 2.75) is 38.5 Å². The second-order valence-electron chi connectivity index (χ2n) is 9.06. The van der Waals surface area contributed by atoms with Crippen LogP contribution in [-0.4, -0.2) is 75.5 Å². The number of thioether (sulfide) groups is 1. The SMILES string of the molecule is CCOc1cc(C2CN(C)CCC2=O)ccc1OC.CCOc1cc(C2CSCCC2=O)ccc1OC. The molecular formula is C29H39NO6S. The third-order valence-electron chi connectivity index (χ3n) is 6.57. The number of carbonyl (C=O) groups excluding carboxylic acids is 2. The van der Waals surface area contributed by atoms with E-state index in [9.17, 15) is 9.59 Å². The first-order valence-corrected chi connectivity index (χ1v) is 14.0. The Bertz CT molecular complexity index is 1060. The molecule has 2 aliphatic heterocycles. The molecule has 0 bridgehead atoms. The molecule has 2 aromatic carbocycles. The lowest BCUT2D eigenvalue weighted by molar-refractivity contribution is -0.123. The van der Waals surface area contributed by atoms with Gasteiger partial charge in [-0.1, -0.05) is 12.1 Å². The molecule has 2 saturated heterocycles. The zero-order chi connectivity index (χ0) is 26.8. The standard InChI is InChI=1S/C15H21NO3.C14H18O3S/c1-4-19-15-9-11(5-6-14(15)18-3)12-10-16(2)8-7-13(12)17;1-3-17-14-8-10(4-5-13(14)16-2)11-9-18-7-6-12(11)15/h5-6,9,12H,4,7-8,10H2,1-3H3;4-5,8,11H,3,6-7,9H2,1-2H3. The molecule has 0 amide bonds. The number of hydrogen-bond donors (Lipinski definition) is 0. The van der Waals surface area contributed by atoms with E-state index in [1.165, 1.54) is 0 Å². The summed E-state index contributed by atoms with van der Waals surface area (Å²) in [5.41, 5.74) is 2.05. The lowest BCUT2D eigenvalue weighted by atomic mass is 9.89. The summed E-state index contributed by atoms with van der Waals surface area (Å²) >= 11 is 1.84. The number of piperidine rings is 1. The van der Waals surface area contributed by atoms with Crippen LogP contribution < -0.4 is 18.9 Å². The Morgan fingerprint density at radius 3 is 1.86 bits per heavy atom. The van der Waals surface area contributed by atoms with E-state index in [1.54, 1.807) is 14.2 Å².